The Kier molecular flexibility index (Phi) is 4.56. The average Bonchev–Trinajstić information content (AvgIpc) is 2.09. The molecular weight excluding hydrogens is 255 g/mol. The fourth-order valence-electron chi connectivity index (χ4n) is 0.773. The minimum atomic E-state index is 0.492. The largest absolute Gasteiger partial charge is 0.490 e. The van der Waals surface area contributed by atoms with Crippen LogP contribution in [0.3, 0.4) is 0 Å². The van der Waals surface area contributed by atoms with Crippen molar-refractivity contribution >= 4 is 27.5 Å². The molecular formula is C9H9BrClO2. The van der Waals surface area contributed by atoms with Gasteiger partial charge < -0.3 is 9.47 Å². The molecule has 0 spiro atoms. The monoisotopic (exact) mass is 263 g/mol. The maximum absolute atomic E-state index is 5.89. The summed E-state index contributed by atoms with van der Waals surface area (Å²) in [5.74, 6) is 0.627. The lowest BCUT2D eigenvalue weighted by Gasteiger charge is -2.06. The smallest absolute Gasteiger partial charge is 0.138 e. The van der Waals surface area contributed by atoms with E-state index in [1.165, 1.54) is 0 Å². The Morgan fingerprint density at radius 3 is 2.92 bits per heavy atom. The number of hydrogen-bond acceptors (Lipinski definition) is 2. The zero-order valence-corrected chi connectivity index (χ0v) is 9.48. The molecule has 4 heteroatoms. The highest BCUT2D eigenvalue weighted by Gasteiger charge is 2.01. The van der Waals surface area contributed by atoms with Crippen LogP contribution in [0.4, 0.5) is 0 Å². The number of rotatable bonds is 4. The molecule has 0 N–H and O–H groups in total. The highest BCUT2D eigenvalue weighted by molar-refractivity contribution is 9.10. The summed E-state index contributed by atoms with van der Waals surface area (Å²) >= 11 is 9.15. The van der Waals surface area contributed by atoms with Gasteiger partial charge in [0.1, 0.15) is 12.4 Å². The number of benzene rings is 1. The van der Waals surface area contributed by atoms with Gasteiger partial charge in [-0.25, -0.2) is 0 Å². The van der Waals surface area contributed by atoms with Crippen LogP contribution < -0.4 is 4.74 Å². The Bertz CT molecular complexity index is 278. The van der Waals surface area contributed by atoms with Crippen molar-refractivity contribution in [2.24, 2.45) is 0 Å². The van der Waals surface area contributed by atoms with Crippen LogP contribution in [0, 0.1) is 6.07 Å². The quantitative estimate of drug-likeness (QED) is 0.779. The lowest BCUT2D eigenvalue weighted by atomic mass is 10.3. The molecule has 1 aromatic carbocycles. The van der Waals surface area contributed by atoms with Crippen LogP contribution in [0.5, 0.6) is 5.75 Å². The van der Waals surface area contributed by atoms with Gasteiger partial charge in [-0.3, -0.25) is 0 Å². The van der Waals surface area contributed by atoms with Crippen molar-refractivity contribution in [2.75, 3.05) is 20.3 Å². The van der Waals surface area contributed by atoms with Crippen LogP contribution in [0.2, 0.25) is 5.02 Å². The van der Waals surface area contributed by atoms with Crippen LogP contribution >= 0.6 is 27.5 Å². The predicted octanol–water partition coefficient (Wildman–Crippen LogP) is 2.93. The molecule has 0 saturated heterocycles. The van der Waals surface area contributed by atoms with Crippen LogP contribution in [-0.4, -0.2) is 20.3 Å². The molecule has 1 radical (unpaired) electrons. The van der Waals surface area contributed by atoms with E-state index in [2.05, 4.69) is 22.0 Å². The first-order valence-electron chi connectivity index (χ1n) is 3.72. The molecule has 0 aromatic heterocycles. The van der Waals surface area contributed by atoms with Crippen molar-refractivity contribution in [1.29, 1.82) is 0 Å². The lowest BCUT2D eigenvalue weighted by molar-refractivity contribution is 0.146. The van der Waals surface area contributed by atoms with Gasteiger partial charge in [0.15, 0.2) is 0 Å². The van der Waals surface area contributed by atoms with E-state index >= 15 is 0 Å². The third kappa shape index (κ3) is 3.55. The second-order valence-electron chi connectivity index (χ2n) is 2.33. The molecule has 0 atom stereocenters. The Labute approximate surface area is 90.9 Å². The van der Waals surface area contributed by atoms with Gasteiger partial charge in [-0.2, -0.15) is 0 Å². The van der Waals surface area contributed by atoms with Crippen molar-refractivity contribution in [3.05, 3.63) is 27.7 Å². The summed E-state index contributed by atoms with van der Waals surface area (Å²) in [6, 6.07) is 6.37. The normalized spacial score (nSPS) is 10.1. The van der Waals surface area contributed by atoms with Gasteiger partial charge in [-0.15, -0.1) is 0 Å². The molecule has 13 heavy (non-hydrogen) atoms. The summed E-state index contributed by atoms with van der Waals surface area (Å²) in [5, 5.41) is 0.571. The first kappa shape index (κ1) is 10.8. The molecule has 2 nitrogen and oxygen atoms in total. The minimum Gasteiger partial charge on any atom is -0.490 e. The van der Waals surface area contributed by atoms with Gasteiger partial charge in [-0.05, 0) is 12.1 Å². The van der Waals surface area contributed by atoms with E-state index in [0.29, 0.717) is 24.0 Å². The molecule has 0 amide bonds. The summed E-state index contributed by atoms with van der Waals surface area (Å²) in [7, 11) is 1.62. The molecule has 0 aliphatic heterocycles. The maximum atomic E-state index is 5.89. The molecule has 0 bridgehead atoms. The Morgan fingerprint density at radius 1 is 1.54 bits per heavy atom. The summed E-state index contributed by atoms with van der Waals surface area (Å²) in [5.41, 5.74) is 0. The summed E-state index contributed by atoms with van der Waals surface area (Å²) < 4.78 is 11.0. The Morgan fingerprint density at radius 2 is 2.31 bits per heavy atom. The van der Waals surface area contributed by atoms with Crippen LogP contribution in [0.15, 0.2) is 16.6 Å². The summed E-state index contributed by atoms with van der Waals surface area (Å²) in [4.78, 5) is 0. The molecule has 0 heterocycles. The van der Waals surface area contributed by atoms with Gasteiger partial charge in [0, 0.05) is 17.6 Å². The number of ether oxygens (including phenoxy) is 2. The SMILES string of the molecule is COCCOc1c[c]c(Br)cc1Cl. The zero-order chi connectivity index (χ0) is 9.68. The van der Waals surface area contributed by atoms with Crippen molar-refractivity contribution in [3.8, 4) is 5.75 Å². The van der Waals surface area contributed by atoms with Crippen molar-refractivity contribution < 1.29 is 9.47 Å². The summed E-state index contributed by atoms with van der Waals surface area (Å²) in [6.07, 6.45) is 0. The Balaban J connectivity index is 2.56. The first-order valence-corrected chi connectivity index (χ1v) is 4.89. The highest BCUT2D eigenvalue weighted by Crippen LogP contribution is 2.27. The van der Waals surface area contributed by atoms with E-state index in [1.807, 2.05) is 0 Å². The average molecular weight is 265 g/mol. The second-order valence-corrected chi connectivity index (χ2v) is 3.60. The molecule has 0 aliphatic rings. The minimum absolute atomic E-state index is 0.492. The predicted molar refractivity (Wildman–Crippen MR) is 55.4 cm³/mol. The van der Waals surface area contributed by atoms with Crippen molar-refractivity contribution in [3.63, 3.8) is 0 Å². The van der Waals surface area contributed by atoms with Gasteiger partial charge in [0.05, 0.1) is 11.6 Å². The number of hydrogen-bond donors (Lipinski definition) is 0. The fraction of sp³-hybridized carbons (Fsp3) is 0.333. The van der Waals surface area contributed by atoms with Gasteiger partial charge in [0.2, 0.25) is 0 Å². The number of methoxy groups -OCH3 is 1. The topological polar surface area (TPSA) is 18.5 Å². The highest BCUT2D eigenvalue weighted by atomic mass is 79.9. The van der Waals surface area contributed by atoms with E-state index in [9.17, 15) is 0 Å². The maximum Gasteiger partial charge on any atom is 0.138 e. The van der Waals surface area contributed by atoms with Gasteiger partial charge in [-0.1, -0.05) is 27.5 Å². The van der Waals surface area contributed by atoms with Gasteiger partial charge >= 0.3 is 0 Å². The Hall–Kier alpha value is -0.250. The molecule has 71 valence electrons. The third-order valence-electron chi connectivity index (χ3n) is 1.38. The van der Waals surface area contributed by atoms with E-state index in [-0.39, 0.29) is 0 Å². The fourth-order valence-corrected chi connectivity index (χ4v) is 1.47. The molecule has 1 aromatic rings. The number of halogens is 2. The molecule has 1 rings (SSSR count). The van der Waals surface area contributed by atoms with Crippen LogP contribution in [0.25, 0.3) is 0 Å². The zero-order valence-electron chi connectivity index (χ0n) is 7.14. The first-order chi connectivity index (χ1) is 6.24. The molecule has 0 saturated carbocycles. The standard InChI is InChI=1S/C9H9BrClO2/c1-12-4-5-13-9-3-2-7(10)6-8(9)11/h3,6H,4-5H2,1H3. The molecule has 0 unspecified atom stereocenters. The van der Waals surface area contributed by atoms with Crippen LogP contribution in [0.1, 0.15) is 0 Å². The van der Waals surface area contributed by atoms with E-state index < -0.39 is 0 Å². The van der Waals surface area contributed by atoms with E-state index in [0.717, 1.165) is 4.47 Å². The molecule has 0 aliphatic carbocycles. The second kappa shape index (κ2) is 5.47. The van der Waals surface area contributed by atoms with Crippen LogP contribution in [-0.2, 0) is 4.74 Å². The molecule has 0 fully saturated rings. The lowest BCUT2D eigenvalue weighted by Crippen LogP contribution is -2.04. The van der Waals surface area contributed by atoms with Crippen molar-refractivity contribution in [2.45, 2.75) is 0 Å². The van der Waals surface area contributed by atoms with Gasteiger partial charge in [0.25, 0.3) is 0 Å². The summed E-state index contributed by atoms with van der Waals surface area (Å²) in [6.45, 7) is 1.04. The van der Waals surface area contributed by atoms with E-state index in [1.54, 1.807) is 19.2 Å². The van der Waals surface area contributed by atoms with E-state index in [4.69, 9.17) is 21.1 Å². The van der Waals surface area contributed by atoms with Crippen molar-refractivity contribution in [1.82, 2.24) is 0 Å². The third-order valence-corrected chi connectivity index (χ3v) is 2.13.